The van der Waals surface area contributed by atoms with Crippen molar-refractivity contribution in [2.75, 3.05) is 27.2 Å². The van der Waals surface area contributed by atoms with E-state index in [0.29, 0.717) is 28.5 Å². The molecule has 0 aromatic heterocycles. The number of carbonyl (C=O) groups excluding carboxylic acids is 1. The Morgan fingerprint density at radius 3 is 2.18 bits per heavy atom. The molecular weight excluding hydrogens is 460 g/mol. The minimum atomic E-state index is -1.26. The number of amides is 1. The minimum absolute atomic E-state index is 0.0362. The number of halogens is 1. The lowest BCUT2D eigenvalue weighted by molar-refractivity contribution is -0.134. The normalized spacial score (nSPS) is 14.2. The van der Waals surface area contributed by atoms with Crippen molar-refractivity contribution < 1.29 is 29.3 Å². The van der Waals surface area contributed by atoms with Crippen LogP contribution in [0.4, 0.5) is 0 Å². The maximum absolute atomic E-state index is 12.9. The number of piperidine rings is 1. The number of ether oxygens (including phenoxy) is 1. The van der Waals surface area contributed by atoms with Crippen LogP contribution >= 0.6 is 11.6 Å². The maximum Gasteiger partial charge on any atom is 0.328 e. The Labute approximate surface area is 204 Å². The lowest BCUT2D eigenvalue weighted by Gasteiger charge is -2.37. The molecule has 1 aliphatic heterocycles. The molecule has 2 aromatic carbocycles. The quantitative estimate of drug-likeness (QED) is 0.571. The van der Waals surface area contributed by atoms with Gasteiger partial charge in [0.2, 0.25) is 0 Å². The zero-order chi connectivity index (χ0) is 25.1. The number of rotatable bonds is 7. The van der Waals surface area contributed by atoms with Crippen LogP contribution in [0, 0.1) is 0 Å². The molecule has 1 amide bonds. The summed E-state index contributed by atoms with van der Waals surface area (Å²) >= 11 is 6.07. The molecule has 3 rings (SSSR count). The van der Waals surface area contributed by atoms with Crippen LogP contribution < -0.4 is 4.74 Å². The van der Waals surface area contributed by atoms with Crippen LogP contribution in [-0.2, 0) is 16.1 Å². The van der Waals surface area contributed by atoms with Gasteiger partial charge >= 0.3 is 11.9 Å². The molecule has 2 N–H and O–H groups in total. The van der Waals surface area contributed by atoms with Gasteiger partial charge < -0.3 is 19.8 Å². The fourth-order valence-electron chi connectivity index (χ4n) is 3.65. The van der Waals surface area contributed by atoms with Crippen LogP contribution in [0.25, 0.3) is 0 Å². The zero-order valence-corrected chi connectivity index (χ0v) is 19.9. The van der Waals surface area contributed by atoms with Gasteiger partial charge in [-0.25, -0.2) is 9.59 Å². The SMILES string of the molecule is COc1ccc(Cl)cc1C(=O)N(C)C1CCN(Cc2ccccc2)CC1.O=C(O)/C=C/C(=O)O. The van der Waals surface area contributed by atoms with Crippen molar-refractivity contribution >= 4 is 29.4 Å². The van der Waals surface area contributed by atoms with Crippen LogP contribution in [0.2, 0.25) is 5.02 Å². The summed E-state index contributed by atoms with van der Waals surface area (Å²) in [7, 11) is 3.45. The fourth-order valence-corrected chi connectivity index (χ4v) is 3.82. The molecule has 1 fully saturated rings. The van der Waals surface area contributed by atoms with E-state index in [2.05, 4.69) is 29.2 Å². The molecule has 182 valence electrons. The Hall–Kier alpha value is -3.36. The molecule has 34 heavy (non-hydrogen) atoms. The van der Waals surface area contributed by atoms with Gasteiger partial charge in [-0.15, -0.1) is 0 Å². The third-order valence-electron chi connectivity index (χ3n) is 5.43. The predicted molar refractivity (Wildman–Crippen MR) is 129 cm³/mol. The summed E-state index contributed by atoms with van der Waals surface area (Å²) in [5, 5.41) is 16.2. The van der Waals surface area contributed by atoms with Crippen molar-refractivity contribution in [1.82, 2.24) is 9.80 Å². The number of carboxylic acid groups (broad SMARTS) is 2. The summed E-state index contributed by atoms with van der Waals surface area (Å²) in [6, 6.07) is 15.9. The van der Waals surface area contributed by atoms with Crippen LogP contribution in [0.3, 0.4) is 0 Å². The largest absolute Gasteiger partial charge is 0.496 e. The third kappa shape index (κ3) is 8.53. The van der Waals surface area contributed by atoms with E-state index in [1.807, 2.05) is 18.0 Å². The number of likely N-dealkylation sites (tertiary alicyclic amines) is 1. The summed E-state index contributed by atoms with van der Waals surface area (Å²) in [5.74, 6) is -1.99. The van der Waals surface area contributed by atoms with E-state index in [-0.39, 0.29) is 11.9 Å². The maximum atomic E-state index is 12.9. The smallest absolute Gasteiger partial charge is 0.328 e. The topological polar surface area (TPSA) is 107 Å². The number of carbonyl (C=O) groups is 3. The number of methoxy groups -OCH3 is 1. The number of aliphatic carboxylic acids is 2. The summed E-state index contributed by atoms with van der Waals surface area (Å²) in [5.41, 5.74) is 1.85. The van der Waals surface area contributed by atoms with Crippen LogP contribution in [0.15, 0.2) is 60.7 Å². The van der Waals surface area contributed by atoms with Crippen molar-refractivity contribution in [3.8, 4) is 5.75 Å². The molecule has 0 unspecified atom stereocenters. The van der Waals surface area contributed by atoms with Gasteiger partial charge in [0.15, 0.2) is 0 Å². The van der Waals surface area contributed by atoms with Gasteiger partial charge in [0.25, 0.3) is 5.91 Å². The van der Waals surface area contributed by atoms with Gasteiger partial charge in [-0.3, -0.25) is 9.69 Å². The van der Waals surface area contributed by atoms with E-state index < -0.39 is 11.9 Å². The Bertz CT molecular complexity index is 988. The van der Waals surface area contributed by atoms with Gasteiger partial charge in [0.05, 0.1) is 12.7 Å². The van der Waals surface area contributed by atoms with E-state index in [4.69, 9.17) is 26.6 Å². The second-order valence-electron chi connectivity index (χ2n) is 7.76. The van der Waals surface area contributed by atoms with Crippen LogP contribution in [0.5, 0.6) is 5.75 Å². The first-order chi connectivity index (χ1) is 16.2. The van der Waals surface area contributed by atoms with Crippen molar-refractivity contribution in [3.05, 3.63) is 76.8 Å². The van der Waals surface area contributed by atoms with E-state index in [0.717, 1.165) is 32.5 Å². The molecule has 9 heteroatoms. The Morgan fingerprint density at radius 2 is 1.65 bits per heavy atom. The minimum Gasteiger partial charge on any atom is -0.496 e. The molecule has 8 nitrogen and oxygen atoms in total. The van der Waals surface area contributed by atoms with Crippen LogP contribution in [-0.4, -0.2) is 71.1 Å². The molecule has 1 aliphatic rings. The molecule has 2 aromatic rings. The standard InChI is InChI=1S/C21H25ClN2O2.C4H4O4/c1-23(21(25)19-14-17(22)8-9-20(19)26-2)18-10-12-24(13-11-18)15-16-6-4-3-5-7-16;5-3(6)1-2-4(7)8/h3-9,14,18H,10-13,15H2,1-2H3;1-2H,(H,5,6)(H,7,8)/b;2-1+. The van der Waals surface area contributed by atoms with Gasteiger partial charge in [-0.1, -0.05) is 41.9 Å². The molecule has 0 spiro atoms. The molecular formula is C25H29ClN2O6. The van der Waals surface area contributed by atoms with Gasteiger partial charge in [-0.05, 0) is 36.6 Å². The second kappa shape index (κ2) is 13.4. The lowest BCUT2D eigenvalue weighted by Crippen LogP contribution is -2.45. The average molecular weight is 489 g/mol. The van der Waals surface area contributed by atoms with E-state index in [9.17, 15) is 14.4 Å². The summed E-state index contributed by atoms with van der Waals surface area (Å²) in [6.07, 6.45) is 3.06. The molecule has 0 radical (unpaired) electrons. The average Bonchev–Trinajstić information content (AvgIpc) is 2.83. The van der Waals surface area contributed by atoms with E-state index in [1.165, 1.54) is 5.56 Å². The highest BCUT2D eigenvalue weighted by molar-refractivity contribution is 6.31. The Morgan fingerprint density at radius 1 is 1.06 bits per heavy atom. The predicted octanol–water partition coefficient (Wildman–Crippen LogP) is 3.80. The first-order valence-corrected chi connectivity index (χ1v) is 11.1. The van der Waals surface area contributed by atoms with Gasteiger partial charge in [-0.2, -0.15) is 0 Å². The lowest BCUT2D eigenvalue weighted by atomic mass is 10.0. The zero-order valence-electron chi connectivity index (χ0n) is 19.2. The van der Waals surface area contributed by atoms with E-state index in [1.54, 1.807) is 25.3 Å². The number of hydrogen-bond acceptors (Lipinski definition) is 5. The van der Waals surface area contributed by atoms with Crippen molar-refractivity contribution in [2.45, 2.75) is 25.4 Å². The number of benzene rings is 2. The second-order valence-corrected chi connectivity index (χ2v) is 8.20. The summed E-state index contributed by atoms with van der Waals surface area (Å²) < 4.78 is 5.33. The summed E-state index contributed by atoms with van der Waals surface area (Å²) in [6.45, 7) is 2.95. The molecule has 1 heterocycles. The molecule has 0 saturated carbocycles. The number of hydrogen-bond donors (Lipinski definition) is 2. The van der Waals surface area contributed by atoms with Crippen molar-refractivity contribution in [3.63, 3.8) is 0 Å². The monoisotopic (exact) mass is 488 g/mol. The molecule has 0 aliphatic carbocycles. The number of carboxylic acids is 2. The first kappa shape index (κ1) is 26.9. The van der Waals surface area contributed by atoms with Gasteiger partial charge in [0, 0.05) is 49.9 Å². The third-order valence-corrected chi connectivity index (χ3v) is 5.67. The van der Waals surface area contributed by atoms with E-state index >= 15 is 0 Å². The van der Waals surface area contributed by atoms with Crippen molar-refractivity contribution in [2.24, 2.45) is 0 Å². The van der Waals surface area contributed by atoms with Crippen LogP contribution in [0.1, 0.15) is 28.8 Å². The molecule has 0 atom stereocenters. The summed E-state index contributed by atoms with van der Waals surface area (Å²) in [4.78, 5) is 36.3. The highest BCUT2D eigenvalue weighted by Gasteiger charge is 2.27. The van der Waals surface area contributed by atoms with Crippen molar-refractivity contribution in [1.29, 1.82) is 0 Å². The Kier molecular flexibility index (Phi) is 10.6. The molecule has 0 bridgehead atoms. The van der Waals surface area contributed by atoms with Gasteiger partial charge in [0.1, 0.15) is 5.75 Å². The number of nitrogens with zero attached hydrogens (tertiary/aromatic N) is 2. The Balaban J connectivity index is 0.000000440. The first-order valence-electron chi connectivity index (χ1n) is 10.7. The fraction of sp³-hybridized carbons (Fsp3) is 0.320. The molecule has 1 saturated heterocycles. The highest BCUT2D eigenvalue weighted by atomic mass is 35.5. The highest BCUT2D eigenvalue weighted by Crippen LogP contribution is 2.26.